The SMILES string of the molecule is COCCN1C(=O)[C@@H]2[C@H](CCC(=O)[O-])[NH2+][C@]3(C(=O)Nc4ccccc43)[C@@H]2C1=O. The fourth-order valence-corrected chi connectivity index (χ4v) is 4.93. The van der Waals surface area contributed by atoms with Crippen molar-refractivity contribution in [1.29, 1.82) is 0 Å². The Hall–Kier alpha value is -2.78. The quantitative estimate of drug-likeness (QED) is 0.521. The Morgan fingerprint density at radius 1 is 1.29 bits per heavy atom. The van der Waals surface area contributed by atoms with Crippen molar-refractivity contribution >= 4 is 29.4 Å². The zero-order chi connectivity index (χ0) is 20.1. The summed E-state index contributed by atoms with van der Waals surface area (Å²) in [6, 6.07) is 6.58. The van der Waals surface area contributed by atoms with Crippen LogP contribution in [0.25, 0.3) is 0 Å². The predicted molar refractivity (Wildman–Crippen MR) is 92.3 cm³/mol. The van der Waals surface area contributed by atoms with Crippen LogP contribution in [0.1, 0.15) is 18.4 Å². The highest BCUT2D eigenvalue weighted by molar-refractivity contribution is 6.13. The van der Waals surface area contributed by atoms with Crippen molar-refractivity contribution in [2.75, 3.05) is 25.6 Å². The molecule has 1 spiro atoms. The van der Waals surface area contributed by atoms with Gasteiger partial charge in [0.2, 0.25) is 17.4 Å². The molecule has 0 bridgehead atoms. The van der Waals surface area contributed by atoms with Crippen LogP contribution in [0.4, 0.5) is 5.69 Å². The number of carbonyl (C=O) groups excluding carboxylic acids is 4. The molecule has 4 rings (SSSR count). The van der Waals surface area contributed by atoms with Crippen molar-refractivity contribution in [3.8, 4) is 0 Å². The van der Waals surface area contributed by atoms with Gasteiger partial charge >= 0.3 is 0 Å². The van der Waals surface area contributed by atoms with Crippen LogP contribution >= 0.6 is 0 Å². The Bertz CT molecular complexity index is 871. The molecule has 3 amide bonds. The van der Waals surface area contributed by atoms with Gasteiger partial charge in [0.05, 0.1) is 18.8 Å². The summed E-state index contributed by atoms with van der Waals surface area (Å²) in [6.07, 6.45) is -0.110. The van der Waals surface area contributed by atoms with Gasteiger partial charge in [-0.1, -0.05) is 18.2 Å². The van der Waals surface area contributed by atoms with E-state index in [-0.39, 0.29) is 37.8 Å². The normalized spacial score (nSPS) is 30.7. The number of nitrogens with zero attached hydrogens (tertiary/aromatic N) is 1. The standard InChI is InChI=1S/C19H21N3O6/c1-28-9-8-22-16(25)14-12(6-7-13(23)24)21-19(15(14)17(22)26)10-4-2-3-5-11(10)20-18(19)27/h2-5,12,14-15,21H,6-9H2,1H3,(H,20,27)(H,23,24)/t12-,14+,15-,19-/m0/s1. The number of hydrogen-bond acceptors (Lipinski definition) is 6. The fourth-order valence-electron chi connectivity index (χ4n) is 4.93. The van der Waals surface area contributed by atoms with E-state index in [2.05, 4.69) is 5.32 Å². The number of benzene rings is 1. The van der Waals surface area contributed by atoms with Gasteiger partial charge in [0.15, 0.2) is 0 Å². The van der Waals surface area contributed by atoms with Crippen molar-refractivity contribution in [3.05, 3.63) is 29.8 Å². The number of para-hydroxylation sites is 1. The first-order valence-corrected chi connectivity index (χ1v) is 9.22. The molecule has 3 heterocycles. The molecule has 28 heavy (non-hydrogen) atoms. The van der Waals surface area contributed by atoms with Crippen LogP contribution in [0, 0.1) is 11.8 Å². The number of imide groups is 1. The van der Waals surface area contributed by atoms with Crippen molar-refractivity contribution < 1.29 is 34.3 Å². The molecule has 0 unspecified atom stereocenters. The molecular weight excluding hydrogens is 366 g/mol. The number of nitrogens with two attached hydrogens (primary N) is 1. The molecule has 3 aliphatic rings. The van der Waals surface area contributed by atoms with Crippen LogP contribution < -0.4 is 15.7 Å². The number of carboxylic acid groups (broad SMARTS) is 1. The lowest BCUT2D eigenvalue weighted by molar-refractivity contribution is -0.734. The number of ether oxygens (including phenoxy) is 1. The van der Waals surface area contributed by atoms with E-state index in [1.807, 2.05) is 0 Å². The first-order chi connectivity index (χ1) is 13.4. The number of likely N-dealkylation sites (tertiary alicyclic amines) is 1. The first kappa shape index (κ1) is 18.6. The molecule has 1 aromatic rings. The number of quaternary nitrogens is 1. The summed E-state index contributed by atoms with van der Waals surface area (Å²) in [4.78, 5) is 51.5. The summed E-state index contributed by atoms with van der Waals surface area (Å²) < 4.78 is 5.00. The molecule has 0 aromatic heterocycles. The zero-order valence-corrected chi connectivity index (χ0v) is 15.3. The summed E-state index contributed by atoms with van der Waals surface area (Å²) in [6.45, 7) is 0.299. The van der Waals surface area contributed by atoms with Gasteiger partial charge in [-0.05, 0) is 12.5 Å². The van der Waals surface area contributed by atoms with E-state index in [0.717, 1.165) is 4.90 Å². The topological polar surface area (TPSA) is 132 Å². The number of hydrogen-bond donors (Lipinski definition) is 2. The smallest absolute Gasteiger partial charge is 0.291 e. The summed E-state index contributed by atoms with van der Waals surface area (Å²) in [5.41, 5.74) is -0.00813. The summed E-state index contributed by atoms with van der Waals surface area (Å²) in [5.74, 6) is -4.01. The number of carbonyl (C=O) groups is 4. The maximum absolute atomic E-state index is 13.2. The van der Waals surface area contributed by atoms with Gasteiger partial charge in [0.25, 0.3) is 5.91 Å². The van der Waals surface area contributed by atoms with Gasteiger partial charge in [0, 0.05) is 25.1 Å². The number of aliphatic carboxylic acids is 1. The molecule has 3 aliphatic heterocycles. The first-order valence-electron chi connectivity index (χ1n) is 9.22. The van der Waals surface area contributed by atoms with Gasteiger partial charge in [-0.25, -0.2) is 0 Å². The molecule has 0 saturated carbocycles. The highest BCUT2D eigenvalue weighted by Gasteiger charge is 2.73. The minimum atomic E-state index is -1.27. The van der Waals surface area contributed by atoms with Crippen LogP contribution in [0.2, 0.25) is 0 Å². The lowest BCUT2D eigenvalue weighted by Gasteiger charge is -2.26. The van der Waals surface area contributed by atoms with Crippen LogP contribution in [-0.4, -0.2) is 54.9 Å². The van der Waals surface area contributed by atoms with Gasteiger partial charge in [-0.3, -0.25) is 19.3 Å². The minimum absolute atomic E-state index is 0.105. The third-order valence-electron chi connectivity index (χ3n) is 6.07. The lowest BCUT2D eigenvalue weighted by atomic mass is 9.76. The van der Waals surface area contributed by atoms with Crippen LogP contribution in [0.15, 0.2) is 24.3 Å². The summed E-state index contributed by atoms with van der Waals surface area (Å²) in [5, 5.41) is 15.5. The second-order valence-corrected chi connectivity index (χ2v) is 7.43. The number of nitrogens with one attached hydrogen (secondary N) is 1. The molecule has 0 radical (unpaired) electrons. The van der Waals surface area contributed by atoms with Crippen LogP contribution in [0.5, 0.6) is 0 Å². The maximum Gasteiger partial charge on any atom is 0.291 e. The number of carboxylic acids is 1. The van der Waals surface area contributed by atoms with Crippen LogP contribution in [0.3, 0.4) is 0 Å². The highest BCUT2D eigenvalue weighted by Crippen LogP contribution is 2.49. The molecule has 148 valence electrons. The number of methoxy groups -OCH3 is 1. The monoisotopic (exact) mass is 387 g/mol. The molecular formula is C19H21N3O6. The van der Waals surface area contributed by atoms with Crippen molar-refractivity contribution in [1.82, 2.24) is 4.90 Å². The molecule has 4 atom stereocenters. The van der Waals surface area contributed by atoms with E-state index in [1.54, 1.807) is 29.6 Å². The van der Waals surface area contributed by atoms with Gasteiger partial charge in [0.1, 0.15) is 17.9 Å². The Morgan fingerprint density at radius 2 is 2.04 bits per heavy atom. The molecule has 2 saturated heterocycles. The Kier molecular flexibility index (Phi) is 4.43. The van der Waals surface area contributed by atoms with E-state index in [1.165, 1.54) is 7.11 Å². The van der Waals surface area contributed by atoms with E-state index in [0.29, 0.717) is 11.3 Å². The van der Waals surface area contributed by atoms with E-state index in [4.69, 9.17) is 4.74 Å². The third-order valence-corrected chi connectivity index (χ3v) is 6.07. The number of amides is 3. The Balaban J connectivity index is 1.79. The second kappa shape index (κ2) is 6.68. The van der Waals surface area contributed by atoms with E-state index < -0.39 is 35.3 Å². The maximum atomic E-state index is 13.2. The number of rotatable bonds is 6. The van der Waals surface area contributed by atoms with Crippen molar-refractivity contribution in [3.63, 3.8) is 0 Å². The van der Waals surface area contributed by atoms with Crippen molar-refractivity contribution in [2.24, 2.45) is 11.8 Å². The lowest BCUT2D eigenvalue weighted by Crippen LogP contribution is -2.99. The van der Waals surface area contributed by atoms with Gasteiger partial charge in [-0.2, -0.15) is 0 Å². The number of anilines is 1. The Morgan fingerprint density at radius 3 is 2.75 bits per heavy atom. The fraction of sp³-hybridized carbons (Fsp3) is 0.474. The van der Waals surface area contributed by atoms with Crippen molar-refractivity contribution in [2.45, 2.75) is 24.4 Å². The second-order valence-electron chi connectivity index (χ2n) is 7.43. The van der Waals surface area contributed by atoms with Crippen LogP contribution in [-0.2, 0) is 29.5 Å². The summed E-state index contributed by atoms with van der Waals surface area (Å²) in [7, 11) is 1.48. The van der Waals surface area contributed by atoms with E-state index in [9.17, 15) is 24.3 Å². The largest absolute Gasteiger partial charge is 0.550 e. The molecule has 3 N–H and O–H groups in total. The third kappa shape index (κ3) is 2.46. The molecule has 9 nitrogen and oxygen atoms in total. The molecule has 1 aromatic carbocycles. The predicted octanol–water partition coefficient (Wildman–Crippen LogP) is -2.44. The average Bonchev–Trinajstić information content (AvgIpc) is 3.24. The van der Waals surface area contributed by atoms with Gasteiger partial charge in [-0.15, -0.1) is 0 Å². The zero-order valence-electron chi connectivity index (χ0n) is 15.3. The van der Waals surface area contributed by atoms with E-state index >= 15 is 0 Å². The van der Waals surface area contributed by atoms with Gasteiger partial charge < -0.3 is 25.3 Å². The minimum Gasteiger partial charge on any atom is -0.550 e. The molecule has 9 heteroatoms. The highest BCUT2D eigenvalue weighted by atomic mass is 16.5. The number of fused-ring (bicyclic) bond motifs is 4. The molecule has 2 fully saturated rings. The average molecular weight is 387 g/mol. The Labute approximate surface area is 161 Å². The molecule has 0 aliphatic carbocycles. The summed E-state index contributed by atoms with van der Waals surface area (Å²) >= 11 is 0.